The Balaban J connectivity index is 0.000000114. The minimum absolute atomic E-state index is 0.527. The van der Waals surface area contributed by atoms with Gasteiger partial charge in [0.25, 0.3) is 0 Å². The maximum atomic E-state index is 8.94. The molecule has 0 amide bonds. The molecule has 0 saturated carbocycles. The Morgan fingerprint density at radius 3 is 1.16 bits per heavy atom. The van der Waals surface area contributed by atoms with E-state index in [1.54, 1.807) is 12.1 Å². The zero-order valence-electron chi connectivity index (χ0n) is 30.9. The first-order valence-corrected chi connectivity index (χ1v) is 21.4. The summed E-state index contributed by atoms with van der Waals surface area (Å²) in [6, 6.07) is 63.7. The van der Waals surface area contributed by atoms with Crippen LogP contribution in [0.25, 0.3) is 97.3 Å². The second-order valence-electron chi connectivity index (χ2n) is 14.6. The van der Waals surface area contributed by atoms with Gasteiger partial charge in [0.05, 0.1) is 0 Å². The molecule has 6 heteroatoms. The lowest BCUT2D eigenvalue weighted by Crippen LogP contribution is -2.29. The van der Waals surface area contributed by atoms with Crippen molar-refractivity contribution in [3.05, 3.63) is 195 Å². The molecule has 12 rings (SSSR count). The van der Waals surface area contributed by atoms with Gasteiger partial charge in [-0.1, -0.05) is 206 Å². The summed E-state index contributed by atoms with van der Waals surface area (Å²) >= 11 is 11.0. The topological polar surface area (TPSA) is 40.5 Å². The summed E-state index contributed by atoms with van der Waals surface area (Å²) in [6.07, 6.45) is 0. The molecule has 0 atom stereocenters. The fourth-order valence-electron chi connectivity index (χ4n) is 8.47. The summed E-state index contributed by atoms with van der Waals surface area (Å²) in [5.74, 6) is 0. The summed E-state index contributed by atoms with van der Waals surface area (Å²) < 4.78 is 3.47. The van der Waals surface area contributed by atoms with Gasteiger partial charge in [0.1, 0.15) is 0 Å². The zero-order chi connectivity index (χ0) is 39.5. The highest BCUT2D eigenvalue weighted by molar-refractivity contribution is 9.11. The van der Waals surface area contributed by atoms with E-state index in [1.165, 1.54) is 86.5 Å². The van der Waals surface area contributed by atoms with E-state index < -0.39 is 7.12 Å². The highest BCUT2D eigenvalue weighted by Crippen LogP contribution is 2.42. The number of rotatable bonds is 2. The molecule has 58 heavy (non-hydrogen) atoms. The summed E-state index contributed by atoms with van der Waals surface area (Å²) in [6.45, 7) is 0. The van der Waals surface area contributed by atoms with Crippen LogP contribution in [0.2, 0.25) is 0 Å². The van der Waals surface area contributed by atoms with Gasteiger partial charge in [-0.25, -0.2) is 0 Å². The van der Waals surface area contributed by atoms with Crippen LogP contribution in [0.15, 0.2) is 195 Å². The molecule has 2 nitrogen and oxygen atoms in total. The van der Waals surface area contributed by atoms with Gasteiger partial charge in [0, 0.05) is 13.4 Å². The Morgan fingerprint density at radius 1 is 0.310 bits per heavy atom. The van der Waals surface area contributed by atoms with E-state index in [0.717, 1.165) is 24.2 Å². The summed E-state index contributed by atoms with van der Waals surface area (Å²) in [4.78, 5) is 0. The van der Waals surface area contributed by atoms with E-state index in [-0.39, 0.29) is 0 Å². The van der Waals surface area contributed by atoms with Crippen molar-refractivity contribution < 1.29 is 10.0 Å². The van der Waals surface area contributed by atoms with Crippen molar-refractivity contribution in [3.8, 4) is 11.1 Å². The lowest BCUT2D eigenvalue weighted by molar-refractivity contribution is 0.426. The number of halogens is 3. The third-order valence-corrected chi connectivity index (χ3v) is 13.4. The third-order valence-electron chi connectivity index (χ3n) is 11.3. The molecule has 0 heterocycles. The smallest absolute Gasteiger partial charge is 0.423 e. The summed E-state index contributed by atoms with van der Waals surface area (Å²) in [7, 11) is -1.38. The van der Waals surface area contributed by atoms with Gasteiger partial charge < -0.3 is 10.0 Å². The molecule has 12 aromatic rings. The average Bonchev–Trinajstić information content (AvgIpc) is 3.26. The van der Waals surface area contributed by atoms with E-state index >= 15 is 0 Å². The van der Waals surface area contributed by atoms with E-state index in [2.05, 4.69) is 187 Å². The minimum Gasteiger partial charge on any atom is -0.423 e. The SMILES string of the molecule is Brc1ccc2ccc3c(-c4ccc5ccccc5c4)ccc4ccc1c2c43.Brc1ccc2ccc3c(Br)ccc4ccc1c2c43.OB(O)c1ccc2ccccc2c1. The van der Waals surface area contributed by atoms with Gasteiger partial charge in [-0.05, 0) is 127 Å². The second-order valence-corrected chi connectivity index (χ2v) is 17.2. The molecule has 0 aliphatic heterocycles. The van der Waals surface area contributed by atoms with Gasteiger partial charge in [0.2, 0.25) is 0 Å². The normalized spacial score (nSPS) is 11.5. The Kier molecular flexibility index (Phi) is 9.64. The maximum absolute atomic E-state index is 8.94. The highest BCUT2D eigenvalue weighted by Gasteiger charge is 2.15. The highest BCUT2D eigenvalue weighted by atomic mass is 79.9. The van der Waals surface area contributed by atoms with Gasteiger partial charge in [0.15, 0.2) is 0 Å². The van der Waals surface area contributed by atoms with Crippen LogP contribution >= 0.6 is 47.8 Å². The van der Waals surface area contributed by atoms with Crippen molar-refractivity contribution in [1.29, 1.82) is 0 Å². The molecule has 0 bridgehead atoms. The first kappa shape index (κ1) is 37.0. The summed E-state index contributed by atoms with van der Waals surface area (Å²) in [5, 5.41) is 38.3. The number of hydrogen-bond donors (Lipinski definition) is 2. The molecular formula is C52H32BBr3O2. The van der Waals surface area contributed by atoms with Crippen LogP contribution in [0, 0.1) is 0 Å². The molecule has 0 spiro atoms. The molecule has 0 aliphatic rings. The van der Waals surface area contributed by atoms with Crippen LogP contribution in [0.1, 0.15) is 0 Å². The standard InChI is InChI=1S/C26H15Br.C16H8Br2.C10H9BO2/c27-24-14-10-18-8-12-22-21(11-7-17-9-13-23(24)26(18)25(17)22)20-6-5-16-3-1-2-4-19(16)15-20;17-13-8-4-10-2-6-12-14(18)7-3-9-1-5-11(13)16(10)15(9)12;12-11(13)10-6-5-8-3-1-2-4-9(8)7-10/h1-15H;1-8H;1-7,12-13H. The minimum atomic E-state index is -1.38. The van der Waals surface area contributed by atoms with Gasteiger partial charge in [-0.3, -0.25) is 0 Å². The van der Waals surface area contributed by atoms with E-state index in [0.29, 0.717) is 5.46 Å². The molecule has 0 radical (unpaired) electrons. The fraction of sp³-hybridized carbons (Fsp3) is 0. The lowest BCUT2D eigenvalue weighted by Gasteiger charge is -2.15. The van der Waals surface area contributed by atoms with Crippen LogP contribution < -0.4 is 5.46 Å². The third kappa shape index (κ3) is 6.50. The Hall–Kier alpha value is -5.34. The van der Waals surface area contributed by atoms with Gasteiger partial charge in [-0.2, -0.15) is 0 Å². The molecule has 12 aromatic carbocycles. The molecule has 0 aliphatic carbocycles. The molecule has 0 saturated heterocycles. The predicted octanol–water partition coefficient (Wildman–Crippen LogP) is 14.8. The van der Waals surface area contributed by atoms with Crippen LogP contribution in [-0.2, 0) is 0 Å². The molecule has 0 fully saturated rings. The molecular weight excluding hydrogens is 907 g/mol. The number of fused-ring (bicyclic) bond motifs is 2. The van der Waals surface area contributed by atoms with Gasteiger partial charge in [-0.15, -0.1) is 0 Å². The Morgan fingerprint density at radius 2 is 0.672 bits per heavy atom. The van der Waals surface area contributed by atoms with Crippen molar-refractivity contribution in [2.45, 2.75) is 0 Å². The second kappa shape index (κ2) is 15.1. The quantitative estimate of drug-likeness (QED) is 0.134. The zero-order valence-corrected chi connectivity index (χ0v) is 35.7. The Bertz CT molecular complexity index is 3410. The predicted molar refractivity (Wildman–Crippen MR) is 260 cm³/mol. The van der Waals surface area contributed by atoms with Crippen LogP contribution in [-0.4, -0.2) is 17.2 Å². The summed E-state index contributed by atoms with van der Waals surface area (Å²) in [5.41, 5.74) is 3.09. The molecule has 2 N–H and O–H groups in total. The van der Waals surface area contributed by atoms with Crippen molar-refractivity contribution in [2.75, 3.05) is 0 Å². The van der Waals surface area contributed by atoms with Gasteiger partial charge >= 0.3 is 7.12 Å². The monoisotopic (exact) mass is 936 g/mol. The first-order valence-electron chi connectivity index (χ1n) is 19.0. The van der Waals surface area contributed by atoms with Crippen molar-refractivity contribution in [3.63, 3.8) is 0 Å². The van der Waals surface area contributed by atoms with Crippen LogP contribution in [0.3, 0.4) is 0 Å². The number of benzene rings is 12. The van der Waals surface area contributed by atoms with Crippen molar-refractivity contribution in [1.82, 2.24) is 0 Å². The molecule has 0 aromatic heterocycles. The van der Waals surface area contributed by atoms with Crippen molar-refractivity contribution in [2.24, 2.45) is 0 Å². The molecule has 276 valence electrons. The number of hydrogen-bond acceptors (Lipinski definition) is 2. The van der Waals surface area contributed by atoms with E-state index in [9.17, 15) is 0 Å². The van der Waals surface area contributed by atoms with Crippen LogP contribution in [0.4, 0.5) is 0 Å². The largest absolute Gasteiger partial charge is 0.488 e. The maximum Gasteiger partial charge on any atom is 0.488 e. The van der Waals surface area contributed by atoms with E-state index in [1.807, 2.05) is 30.3 Å². The van der Waals surface area contributed by atoms with Crippen LogP contribution in [0.5, 0.6) is 0 Å². The first-order chi connectivity index (χ1) is 28.3. The van der Waals surface area contributed by atoms with Crippen molar-refractivity contribution >= 4 is 147 Å². The Labute approximate surface area is 360 Å². The average molecular weight is 939 g/mol. The fourth-order valence-corrected chi connectivity index (χ4v) is 9.86. The van der Waals surface area contributed by atoms with E-state index in [4.69, 9.17) is 10.0 Å². The molecule has 0 unspecified atom stereocenters. The lowest BCUT2D eigenvalue weighted by atomic mass is 9.79.